The van der Waals surface area contributed by atoms with Crippen LogP contribution in [0.2, 0.25) is 0 Å². The molecule has 0 radical (unpaired) electrons. The number of halogens is 1. The summed E-state index contributed by atoms with van der Waals surface area (Å²) in [7, 11) is 1.93. The van der Waals surface area contributed by atoms with Gasteiger partial charge in [-0.3, -0.25) is 4.90 Å². The molecule has 1 aromatic carbocycles. The van der Waals surface area contributed by atoms with E-state index in [2.05, 4.69) is 15.1 Å². The van der Waals surface area contributed by atoms with Crippen LogP contribution in [0, 0.1) is 5.82 Å². The maximum atomic E-state index is 12.9. The molecule has 21 heavy (non-hydrogen) atoms. The second-order valence-corrected chi connectivity index (χ2v) is 5.52. The number of hydrogen-bond donors (Lipinski definition) is 1. The predicted molar refractivity (Wildman–Crippen MR) is 75.9 cm³/mol. The number of hydrogen-bond acceptors (Lipinski definition) is 4. The molecule has 1 aliphatic rings. The van der Waals surface area contributed by atoms with Gasteiger partial charge in [0.1, 0.15) is 18.0 Å². The van der Waals surface area contributed by atoms with E-state index in [9.17, 15) is 9.50 Å². The fraction of sp³-hybridized carbons (Fsp3) is 0.467. The molecular weight excluding hydrogens is 271 g/mol. The number of benzene rings is 1. The molecule has 3 rings (SSSR count). The van der Waals surface area contributed by atoms with Gasteiger partial charge in [-0.2, -0.15) is 0 Å². The van der Waals surface area contributed by atoms with Crippen molar-refractivity contribution in [1.29, 1.82) is 0 Å². The second-order valence-electron chi connectivity index (χ2n) is 5.52. The van der Waals surface area contributed by atoms with E-state index in [1.807, 2.05) is 11.6 Å². The number of rotatable bonds is 4. The van der Waals surface area contributed by atoms with Crippen LogP contribution in [-0.2, 0) is 7.05 Å². The Morgan fingerprint density at radius 3 is 2.81 bits per heavy atom. The molecule has 0 aliphatic carbocycles. The lowest BCUT2D eigenvalue weighted by Gasteiger charge is -2.26. The molecule has 1 aromatic heterocycles. The molecule has 0 spiro atoms. The summed E-state index contributed by atoms with van der Waals surface area (Å²) in [6.45, 7) is 1.44. The van der Waals surface area contributed by atoms with E-state index in [4.69, 9.17) is 0 Å². The van der Waals surface area contributed by atoms with Crippen LogP contribution in [0.25, 0.3) is 0 Å². The van der Waals surface area contributed by atoms with Gasteiger partial charge in [-0.15, -0.1) is 10.2 Å². The van der Waals surface area contributed by atoms with Crippen LogP contribution >= 0.6 is 0 Å². The van der Waals surface area contributed by atoms with Crippen molar-refractivity contribution in [1.82, 2.24) is 19.7 Å². The van der Waals surface area contributed by atoms with Gasteiger partial charge >= 0.3 is 0 Å². The first-order chi connectivity index (χ1) is 10.1. The summed E-state index contributed by atoms with van der Waals surface area (Å²) in [4.78, 5) is 2.22. The van der Waals surface area contributed by atoms with Gasteiger partial charge in [0.2, 0.25) is 0 Å². The molecule has 5 nitrogen and oxygen atoms in total. The van der Waals surface area contributed by atoms with E-state index in [1.165, 1.54) is 12.1 Å². The Morgan fingerprint density at radius 1 is 1.38 bits per heavy atom. The standard InChI is InChI=1S/C15H19FN4O/c1-19-10-17-18-15(19)13-3-2-8-20(13)9-14(21)11-4-6-12(16)7-5-11/h4-7,10,13-14,21H,2-3,8-9H2,1H3. The van der Waals surface area contributed by atoms with Crippen molar-refractivity contribution in [3.05, 3.63) is 47.8 Å². The molecule has 6 heteroatoms. The van der Waals surface area contributed by atoms with E-state index >= 15 is 0 Å². The average Bonchev–Trinajstić information content (AvgIpc) is 3.08. The molecule has 1 N–H and O–H groups in total. The lowest BCUT2D eigenvalue weighted by molar-refractivity contribution is 0.103. The van der Waals surface area contributed by atoms with Gasteiger partial charge in [-0.1, -0.05) is 12.1 Å². The Labute approximate surface area is 123 Å². The van der Waals surface area contributed by atoms with E-state index < -0.39 is 6.10 Å². The van der Waals surface area contributed by atoms with Crippen molar-refractivity contribution >= 4 is 0 Å². The van der Waals surface area contributed by atoms with Crippen molar-refractivity contribution in [2.24, 2.45) is 7.05 Å². The van der Waals surface area contributed by atoms with Crippen molar-refractivity contribution in [2.75, 3.05) is 13.1 Å². The number of aliphatic hydroxyl groups is 1. The third kappa shape index (κ3) is 2.96. The molecule has 2 heterocycles. The van der Waals surface area contributed by atoms with Gasteiger partial charge in [0.15, 0.2) is 0 Å². The van der Waals surface area contributed by atoms with Crippen LogP contribution < -0.4 is 0 Å². The molecule has 1 fully saturated rings. The zero-order valence-electron chi connectivity index (χ0n) is 12.0. The van der Waals surface area contributed by atoms with Crippen LogP contribution in [-0.4, -0.2) is 37.9 Å². The highest BCUT2D eigenvalue weighted by Gasteiger charge is 2.30. The summed E-state index contributed by atoms with van der Waals surface area (Å²) < 4.78 is 14.9. The highest BCUT2D eigenvalue weighted by atomic mass is 19.1. The summed E-state index contributed by atoms with van der Waals surface area (Å²) >= 11 is 0. The number of likely N-dealkylation sites (tertiary alicyclic amines) is 1. The Hall–Kier alpha value is -1.79. The Bertz CT molecular complexity index is 598. The minimum atomic E-state index is -0.626. The number of nitrogens with zero attached hydrogens (tertiary/aromatic N) is 4. The second kappa shape index (κ2) is 5.91. The Kier molecular flexibility index (Phi) is 3.98. The summed E-state index contributed by atoms with van der Waals surface area (Å²) in [5, 5.41) is 18.5. The summed E-state index contributed by atoms with van der Waals surface area (Å²) in [6, 6.07) is 6.21. The molecular formula is C15H19FN4O. The zero-order chi connectivity index (χ0) is 14.8. The van der Waals surface area contributed by atoms with Crippen LogP contribution in [0.4, 0.5) is 4.39 Å². The maximum Gasteiger partial charge on any atom is 0.149 e. The van der Waals surface area contributed by atoms with Crippen LogP contribution in [0.1, 0.15) is 36.4 Å². The maximum absolute atomic E-state index is 12.9. The van der Waals surface area contributed by atoms with E-state index in [1.54, 1.807) is 18.5 Å². The van der Waals surface area contributed by atoms with Crippen molar-refractivity contribution in [2.45, 2.75) is 25.0 Å². The minimum absolute atomic E-state index is 0.188. The van der Waals surface area contributed by atoms with Gasteiger partial charge in [0, 0.05) is 13.6 Å². The SMILES string of the molecule is Cn1cnnc1C1CCCN1CC(O)c1ccc(F)cc1. The highest BCUT2D eigenvalue weighted by molar-refractivity contribution is 5.19. The van der Waals surface area contributed by atoms with Gasteiger partial charge in [-0.25, -0.2) is 4.39 Å². The lowest BCUT2D eigenvalue weighted by Crippen LogP contribution is -2.29. The third-order valence-corrected chi connectivity index (χ3v) is 4.07. The zero-order valence-corrected chi connectivity index (χ0v) is 12.0. The molecule has 0 bridgehead atoms. The highest BCUT2D eigenvalue weighted by Crippen LogP contribution is 2.32. The number of aliphatic hydroxyl groups excluding tert-OH is 1. The summed E-state index contributed by atoms with van der Waals surface area (Å²) in [5.41, 5.74) is 0.736. The normalized spacial score (nSPS) is 20.8. The van der Waals surface area contributed by atoms with Crippen molar-refractivity contribution in [3.8, 4) is 0 Å². The van der Waals surface area contributed by atoms with E-state index in [0.29, 0.717) is 6.54 Å². The number of aromatic nitrogens is 3. The topological polar surface area (TPSA) is 54.2 Å². The first kappa shape index (κ1) is 14.2. The van der Waals surface area contributed by atoms with Crippen molar-refractivity contribution < 1.29 is 9.50 Å². The van der Waals surface area contributed by atoms with E-state index in [0.717, 1.165) is 30.8 Å². The van der Waals surface area contributed by atoms with E-state index in [-0.39, 0.29) is 11.9 Å². The summed E-state index contributed by atoms with van der Waals surface area (Å²) in [5.74, 6) is 0.642. The Balaban J connectivity index is 1.71. The molecule has 0 saturated carbocycles. The molecule has 1 aliphatic heterocycles. The minimum Gasteiger partial charge on any atom is -0.387 e. The predicted octanol–water partition coefficient (Wildman–Crippen LogP) is 1.82. The third-order valence-electron chi connectivity index (χ3n) is 4.07. The first-order valence-corrected chi connectivity index (χ1v) is 7.16. The van der Waals surface area contributed by atoms with Crippen LogP contribution in [0.5, 0.6) is 0 Å². The summed E-state index contributed by atoms with van der Waals surface area (Å²) in [6.07, 6.45) is 3.16. The molecule has 112 valence electrons. The monoisotopic (exact) mass is 290 g/mol. The van der Waals surface area contributed by atoms with Crippen LogP contribution in [0.15, 0.2) is 30.6 Å². The Morgan fingerprint density at radius 2 is 2.14 bits per heavy atom. The number of β-amino-alcohol motifs (C(OH)–C–C–N with tert-alkyl or cyclic N) is 1. The van der Waals surface area contributed by atoms with Gasteiger partial charge < -0.3 is 9.67 Å². The van der Waals surface area contributed by atoms with Gasteiger partial charge in [0.25, 0.3) is 0 Å². The molecule has 2 atom stereocenters. The molecule has 2 aromatic rings. The molecule has 2 unspecified atom stereocenters. The average molecular weight is 290 g/mol. The van der Waals surface area contributed by atoms with Crippen molar-refractivity contribution in [3.63, 3.8) is 0 Å². The fourth-order valence-corrected chi connectivity index (χ4v) is 2.94. The quantitative estimate of drug-likeness (QED) is 0.933. The molecule has 0 amide bonds. The number of aryl methyl sites for hydroxylation is 1. The smallest absolute Gasteiger partial charge is 0.149 e. The first-order valence-electron chi connectivity index (χ1n) is 7.16. The van der Waals surface area contributed by atoms with Gasteiger partial charge in [-0.05, 0) is 37.1 Å². The largest absolute Gasteiger partial charge is 0.387 e. The van der Waals surface area contributed by atoms with Crippen LogP contribution in [0.3, 0.4) is 0 Å². The lowest BCUT2D eigenvalue weighted by atomic mass is 10.1. The molecule has 1 saturated heterocycles. The fourth-order valence-electron chi connectivity index (χ4n) is 2.94. The van der Waals surface area contributed by atoms with Gasteiger partial charge in [0.05, 0.1) is 12.1 Å².